The van der Waals surface area contributed by atoms with Crippen molar-refractivity contribution in [3.05, 3.63) is 0 Å². The summed E-state index contributed by atoms with van der Waals surface area (Å²) in [5, 5.41) is 10.9. The van der Waals surface area contributed by atoms with Crippen LogP contribution in [0.3, 0.4) is 0 Å². The lowest BCUT2D eigenvalue weighted by molar-refractivity contribution is 0.167. The van der Waals surface area contributed by atoms with Gasteiger partial charge in [-0.1, -0.05) is 5.10 Å². The quantitative estimate of drug-likeness (QED) is 0.666. The predicted molar refractivity (Wildman–Crippen MR) is 45.0 cm³/mol. The molecule has 6 nitrogen and oxygen atoms in total. The minimum Gasteiger partial charge on any atom is -0.458 e. The first-order chi connectivity index (χ1) is 6.27. The van der Waals surface area contributed by atoms with Gasteiger partial charge in [-0.25, -0.2) is 0 Å². The normalized spacial score (nSPS) is 27.8. The van der Waals surface area contributed by atoms with Gasteiger partial charge in [0.2, 0.25) is 0 Å². The fraction of sp³-hybridized carbons (Fsp3) is 0.857. The molecule has 1 saturated carbocycles. The molecule has 0 bridgehead atoms. The van der Waals surface area contributed by atoms with Crippen molar-refractivity contribution < 1.29 is 4.74 Å². The van der Waals surface area contributed by atoms with Gasteiger partial charge in [0.15, 0.2) is 0 Å². The molecular weight excluding hydrogens is 170 g/mol. The highest BCUT2D eigenvalue weighted by Gasteiger charge is 2.26. The molecule has 6 heteroatoms. The SMILES string of the molecule is Cn1nnnc1OC1CCCC1N. The zero-order chi connectivity index (χ0) is 9.26. The van der Waals surface area contributed by atoms with Gasteiger partial charge >= 0.3 is 6.01 Å². The molecule has 0 radical (unpaired) electrons. The topological polar surface area (TPSA) is 78.8 Å². The van der Waals surface area contributed by atoms with Crippen LogP contribution in [-0.4, -0.2) is 32.4 Å². The molecule has 13 heavy (non-hydrogen) atoms. The third-order valence-electron chi connectivity index (χ3n) is 2.34. The van der Waals surface area contributed by atoms with Gasteiger partial charge in [-0.3, -0.25) is 0 Å². The Balaban J connectivity index is 2.01. The van der Waals surface area contributed by atoms with Crippen LogP contribution in [0.5, 0.6) is 6.01 Å². The third-order valence-corrected chi connectivity index (χ3v) is 2.34. The summed E-state index contributed by atoms with van der Waals surface area (Å²) in [7, 11) is 1.75. The molecule has 2 unspecified atom stereocenters. The molecule has 1 aliphatic rings. The molecule has 2 atom stereocenters. The second-order valence-electron chi connectivity index (χ2n) is 3.34. The van der Waals surface area contributed by atoms with Crippen molar-refractivity contribution in [1.82, 2.24) is 20.2 Å². The highest BCUT2D eigenvalue weighted by molar-refractivity contribution is 4.92. The highest BCUT2D eigenvalue weighted by atomic mass is 16.5. The van der Waals surface area contributed by atoms with Crippen molar-refractivity contribution in [3.63, 3.8) is 0 Å². The minimum absolute atomic E-state index is 0.0738. The van der Waals surface area contributed by atoms with E-state index in [1.807, 2.05) is 0 Å². The average molecular weight is 183 g/mol. The number of nitrogens with zero attached hydrogens (tertiary/aromatic N) is 4. The first-order valence-corrected chi connectivity index (χ1v) is 4.42. The van der Waals surface area contributed by atoms with Gasteiger partial charge in [-0.15, -0.1) is 0 Å². The Morgan fingerprint density at radius 3 is 2.92 bits per heavy atom. The van der Waals surface area contributed by atoms with Gasteiger partial charge in [0.25, 0.3) is 0 Å². The number of tetrazole rings is 1. The maximum absolute atomic E-state index is 5.84. The van der Waals surface area contributed by atoms with E-state index in [0.717, 1.165) is 19.3 Å². The van der Waals surface area contributed by atoms with Crippen LogP contribution in [0.1, 0.15) is 19.3 Å². The lowest BCUT2D eigenvalue weighted by Gasteiger charge is -2.15. The lowest BCUT2D eigenvalue weighted by atomic mass is 10.2. The minimum atomic E-state index is 0.0738. The van der Waals surface area contributed by atoms with Crippen molar-refractivity contribution in [2.45, 2.75) is 31.4 Å². The van der Waals surface area contributed by atoms with Crippen LogP contribution >= 0.6 is 0 Å². The van der Waals surface area contributed by atoms with Gasteiger partial charge in [-0.05, 0) is 29.7 Å². The van der Waals surface area contributed by atoms with Crippen molar-refractivity contribution in [3.8, 4) is 6.01 Å². The summed E-state index contributed by atoms with van der Waals surface area (Å²) in [5.41, 5.74) is 5.84. The standard InChI is InChI=1S/C7H13N5O/c1-12-7(9-10-11-12)13-6-4-2-3-5(6)8/h5-6H,2-4,8H2,1H3. The molecule has 1 fully saturated rings. The number of hydrogen-bond acceptors (Lipinski definition) is 5. The third kappa shape index (κ3) is 1.62. The van der Waals surface area contributed by atoms with E-state index in [1.54, 1.807) is 7.05 Å². The molecule has 1 aromatic heterocycles. The molecule has 1 aliphatic carbocycles. The van der Waals surface area contributed by atoms with Gasteiger partial charge in [0.1, 0.15) is 6.10 Å². The first-order valence-electron chi connectivity index (χ1n) is 4.42. The molecule has 0 aromatic carbocycles. The van der Waals surface area contributed by atoms with E-state index in [-0.39, 0.29) is 12.1 Å². The van der Waals surface area contributed by atoms with Crippen LogP contribution in [-0.2, 0) is 7.05 Å². The van der Waals surface area contributed by atoms with Crippen LogP contribution in [0.2, 0.25) is 0 Å². The number of nitrogens with two attached hydrogens (primary N) is 1. The maximum Gasteiger partial charge on any atom is 0.335 e. The summed E-state index contributed by atoms with van der Waals surface area (Å²) >= 11 is 0. The zero-order valence-electron chi connectivity index (χ0n) is 7.55. The summed E-state index contributed by atoms with van der Waals surface area (Å²) in [6, 6.07) is 0.569. The molecule has 2 rings (SSSR count). The van der Waals surface area contributed by atoms with E-state index < -0.39 is 0 Å². The first kappa shape index (κ1) is 8.43. The Hall–Kier alpha value is -1.17. The summed E-state index contributed by atoms with van der Waals surface area (Å²) in [4.78, 5) is 0. The summed E-state index contributed by atoms with van der Waals surface area (Å²) in [6.45, 7) is 0. The molecule has 0 spiro atoms. The average Bonchev–Trinajstić information content (AvgIpc) is 2.65. The monoisotopic (exact) mass is 183 g/mol. The highest BCUT2D eigenvalue weighted by Crippen LogP contribution is 2.21. The predicted octanol–water partition coefficient (Wildman–Crippen LogP) is -0.531. The van der Waals surface area contributed by atoms with E-state index in [2.05, 4.69) is 15.5 Å². The molecular formula is C7H13N5O. The number of rotatable bonds is 2. The van der Waals surface area contributed by atoms with Crippen LogP contribution in [0.25, 0.3) is 0 Å². The van der Waals surface area contributed by atoms with Crippen molar-refractivity contribution in [2.24, 2.45) is 12.8 Å². The Labute approximate surface area is 76.1 Å². The maximum atomic E-state index is 5.84. The van der Waals surface area contributed by atoms with Gasteiger partial charge in [0.05, 0.1) is 0 Å². The van der Waals surface area contributed by atoms with E-state index in [1.165, 1.54) is 4.68 Å². The number of aromatic nitrogens is 4. The van der Waals surface area contributed by atoms with Crippen molar-refractivity contribution in [2.75, 3.05) is 0 Å². The Morgan fingerprint density at radius 2 is 2.38 bits per heavy atom. The smallest absolute Gasteiger partial charge is 0.335 e. The van der Waals surface area contributed by atoms with Crippen molar-refractivity contribution in [1.29, 1.82) is 0 Å². The Kier molecular flexibility index (Phi) is 2.13. The molecule has 1 aromatic rings. The molecule has 0 aliphatic heterocycles. The summed E-state index contributed by atoms with van der Waals surface area (Å²) in [6.07, 6.45) is 3.21. The van der Waals surface area contributed by atoms with Crippen molar-refractivity contribution >= 4 is 0 Å². The van der Waals surface area contributed by atoms with E-state index in [0.29, 0.717) is 6.01 Å². The molecule has 0 amide bonds. The van der Waals surface area contributed by atoms with Crippen LogP contribution in [0.15, 0.2) is 0 Å². The van der Waals surface area contributed by atoms with Crippen LogP contribution in [0.4, 0.5) is 0 Å². The van der Waals surface area contributed by atoms with Gasteiger partial charge in [-0.2, -0.15) is 4.68 Å². The van der Waals surface area contributed by atoms with E-state index >= 15 is 0 Å². The second kappa shape index (κ2) is 3.29. The zero-order valence-corrected chi connectivity index (χ0v) is 7.55. The van der Waals surface area contributed by atoms with Gasteiger partial charge < -0.3 is 10.5 Å². The molecule has 72 valence electrons. The Morgan fingerprint density at radius 1 is 1.54 bits per heavy atom. The fourth-order valence-electron chi connectivity index (χ4n) is 1.56. The van der Waals surface area contributed by atoms with Crippen LogP contribution in [0, 0.1) is 0 Å². The summed E-state index contributed by atoms with van der Waals surface area (Å²) in [5.74, 6) is 0. The largest absolute Gasteiger partial charge is 0.458 e. The Bertz CT molecular complexity index is 286. The second-order valence-corrected chi connectivity index (χ2v) is 3.34. The van der Waals surface area contributed by atoms with E-state index in [4.69, 9.17) is 10.5 Å². The lowest BCUT2D eigenvalue weighted by Crippen LogP contribution is -2.34. The molecule has 1 heterocycles. The molecule has 0 saturated heterocycles. The van der Waals surface area contributed by atoms with Gasteiger partial charge in [0, 0.05) is 13.1 Å². The summed E-state index contributed by atoms with van der Waals surface area (Å²) < 4.78 is 7.07. The molecule has 2 N–H and O–H groups in total. The number of aryl methyl sites for hydroxylation is 1. The number of hydrogen-bond donors (Lipinski definition) is 1. The van der Waals surface area contributed by atoms with E-state index in [9.17, 15) is 0 Å². The number of ether oxygens (including phenoxy) is 1. The van der Waals surface area contributed by atoms with Crippen LogP contribution < -0.4 is 10.5 Å². The fourth-order valence-corrected chi connectivity index (χ4v) is 1.56.